The third kappa shape index (κ3) is 4.46. The van der Waals surface area contributed by atoms with Crippen molar-refractivity contribution in [1.82, 2.24) is 5.32 Å². The van der Waals surface area contributed by atoms with Crippen molar-refractivity contribution < 1.29 is 14.6 Å². The van der Waals surface area contributed by atoms with E-state index < -0.39 is 0 Å². The molecule has 4 nitrogen and oxygen atoms in total. The third-order valence-corrected chi connectivity index (χ3v) is 4.30. The highest BCUT2D eigenvalue weighted by Crippen LogP contribution is 2.30. The van der Waals surface area contributed by atoms with Crippen LogP contribution in [0.3, 0.4) is 0 Å². The first-order valence-electron chi connectivity index (χ1n) is 7.67. The lowest BCUT2D eigenvalue weighted by Gasteiger charge is -2.18. The summed E-state index contributed by atoms with van der Waals surface area (Å²) in [6.07, 6.45) is 3.30. The van der Waals surface area contributed by atoms with E-state index in [1.165, 1.54) is 5.56 Å². The minimum Gasteiger partial charge on any atom is -0.484 e. The van der Waals surface area contributed by atoms with E-state index in [-0.39, 0.29) is 19.1 Å². The van der Waals surface area contributed by atoms with E-state index >= 15 is 0 Å². The Bertz CT molecular complexity index is 487. The summed E-state index contributed by atoms with van der Waals surface area (Å²) in [6.45, 7) is 4.91. The zero-order valence-corrected chi connectivity index (χ0v) is 12.9. The van der Waals surface area contributed by atoms with Crippen LogP contribution < -0.4 is 10.1 Å². The number of benzene rings is 1. The van der Waals surface area contributed by atoms with E-state index in [4.69, 9.17) is 4.74 Å². The molecule has 1 aromatic carbocycles. The number of hydrogen-bond donors (Lipinski definition) is 2. The molecule has 0 bridgehead atoms. The molecule has 0 radical (unpaired) electrons. The van der Waals surface area contributed by atoms with Crippen LogP contribution in [0.4, 0.5) is 0 Å². The van der Waals surface area contributed by atoms with Crippen LogP contribution in [0, 0.1) is 25.7 Å². The highest BCUT2D eigenvalue weighted by Gasteiger charge is 2.26. The molecule has 1 fully saturated rings. The number of aliphatic hydroxyl groups excluding tert-OH is 1. The first-order chi connectivity index (χ1) is 10.1. The Labute approximate surface area is 126 Å². The van der Waals surface area contributed by atoms with Gasteiger partial charge >= 0.3 is 0 Å². The Morgan fingerprint density at radius 1 is 1.33 bits per heavy atom. The van der Waals surface area contributed by atoms with Gasteiger partial charge in [-0.1, -0.05) is 24.1 Å². The molecule has 1 aliphatic carbocycles. The van der Waals surface area contributed by atoms with Gasteiger partial charge in [0.2, 0.25) is 0 Å². The first kappa shape index (κ1) is 15.8. The maximum absolute atomic E-state index is 11.8. The molecule has 21 heavy (non-hydrogen) atoms. The Kier molecular flexibility index (Phi) is 5.62. The zero-order chi connectivity index (χ0) is 15.2. The summed E-state index contributed by atoms with van der Waals surface area (Å²) in [7, 11) is 0. The minimum absolute atomic E-state index is 0.0421. The summed E-state index contributed by atoms with van der Waals surface area (Å²) in [4.78, 5) is 11.8. The van der Waals surface area contributed by atoms with Gasteiger partial charge in [0.15, 0.2) is 6.61 Å². The molecular formula is C17H25NO3. The summed E-state index contributed by atoms with van der Waals surface area (Å²) in [6, 6.07) is 5.92. The molecule has 0 heterocycles. The Balaban J connectivity index is 1.74. The van der Waals surface area contributed by atoms with E-state index in [2.05, 4.69) is 5.32 Å². The van der Waals surface area contributed by atoms with Crippen LogP contribution in [-0.2, 0) is 4.79 Å². The number of rotatable bonds is 6. The predicted molar refractivity (Wildman–Crippen MR) is 82.3 cm³/mol. The lowest BCUT2D eigenvalue weighted by molar-refractivity contribution is -0.123. The third-order valence-electron chi connectivity index (χ3n) is 4.30. The highest BCUT2D eigenvalue weighted by molar-refractivity contribution is 5.77. The van der Waals surface area contributed by atoms with Gasteiger partial charge in [-0.2, -0.15) is 0 Å². The topological polar surface area (TPSA) is 58.6 Å². The molecular weight excluding hydrogens is 266 g/mol. The fourth-order valence-electron chi connectivity index (χ4n) is 3.02. The lowest BCUT2D eigenvalue weighted by Crippen LogP contribution is -2.34. The van der Waals surface area contributed by atoms with Crippen molar-refractivity contribution in [2.24, 2.45) is 11.8 Å². The van der Waals surface area contributed by atoms with Crippen LogP contribution in [-0.4, -0.2) is 30.8 Å². The molecule has 0 saturated heterocycles. The summed E-state index contributed by atoms with van der Waals surface area (Å²) < 4.78 is 5.56. The van der Waals surface area contributed by atoms with Crippen molar-refractivity contribution in [3.63, 3.8) is 0 Å². The number of aliphatic hydroxyl groups is 1. The number of amides is 1. The second-order valence-electron chi connectivity index (χ2n) is 6.00. The van der Waals surface area contributed by atoms with Crippen molar-refractivity contribution in [1.29, 1.82) is 0 Å². The molecule has 116 valence electrons. The highest BCUT2D eigenvalue weighted by atomic mass is 16.5. The molecule has 0 aromatic heterocycles. The number of carbonyl (C=O) groups is 1. The molecule has 0 spiro atoms. The van der Waals surface area contributed by atoms with E-state index in [9.17, 15) is 9.90 Å². The average molecular weight is 291 g/mol. The van der Waals surface area contributed by atoms with Crippen molar-refractivity contribution in [2.45, 2.75) is 33.1 Å². The van der Waals surface area contributed by atoms with Crippen molar-refractivity contribution in [2.75, 3.05) is 19.8 Å². The smallest absolute Gasteiger partial charge is 0.257 e. The Hall–Kier alpha value is -1.55. The maximum Gasteiger partial charge on any atom is 0.257 e. The molecule has 2 N–H and O–H groups in total. The van der Waals surface area contributed by atoms with Gasteiger partial charge in [-0.05, 0) is 50.2 Å². The number of hydrogen-bond acceptors (Lipinski definition) is 3. The summed E-state index contributed by atoms with van der Waals surface area (Å²) in [5.74, 6) is 1.40. The van der Waals surface area contributed by atoms with Crippen LogP contribution in [0.1, 0.15) is 30.4 Å². The van der Waals surface area contributed by atoms with Crippen LogP contribution >= 0.6 is 0 Å². The van der Waals surface area contributed by atoms with E-state index in [1.807, 2.05) is 32.0 Å². The minimum atomic E-state index is -0.0986. The fraction of sp³-hybridized carbons (Fsp3) is 0.588. The Morgan fingerprint density at radius 2 is 2.10 bits per heavy atom. The van der Waals surface area contributed by atoms with E-state index in [0.717, 1.165) is 30.6 Å². The molecule has 2 unspecified atom stereocenters. The quantitative estimate of drug-likeness (QED) is 0.845. The normalized spacial score (nSPS) is 21.3. The first-order valence-corrected chi connectivity index (χ1v) is 7.67. The van der Waals surface area contributed by atoms with Crippen molar-refractivity contribution >= 4 is 5.91 Å². The van der Waals surface area contributed by atoms with Crippen LogP contribution in [0.5, 0.6) is 5.75 Å². The molecule has 2 rings (SSSR count). The average Bonchev–Trinajstić information content (AvgIpc) is 2.91. The van der Waals surface area contributed by atoms with Gasteiger partial charge in [-0.25, -0.2) is 0 Å². The summed E-state index contributed by atoms with van der Waals surface area (Å²) in [5, 5.41) is 12.2. The SMILES string of the molecule is Cc1ccc(OCC(=O)NCC2CCCC2CO)c(C)c1. The Morgan fingerprint density at radius 3 is 2.81 bits per heavy atom. The van der Waals surface area contributed by atoms with Crippen molar-refractivity contribution in [3.05, 3.63) is 29.3 Å². The van der Waals surface area contributed by atoms with Crippen LogP contribution in [0.15, 0.2) is 18.2 Å². The zero-order valence-electron chi connectivity index (χ0n) is 12.9. The predicted octanol–water partition coefficient (Wildman–Crippen LogP) is 2.21. The molecule has 1 amide bonds. The van der Waals surface area contributed by atoms with Gasteiger partial charge in [0, 0.05) is 13.2 Å². The van der Waals surface area contributed by atoms with Crippen molar-refractivity contribution in [3.8, 4) is 5.75 Å². The van der Waals surface area contributed by atoms with E-state index in [1.54, 1.807) is 0 Å². The van der Waals surface area contributed by atoms with Crippen LogP contribution in [0.2, 0.25) is 0 Å². The maximum atomic E-state index is 11.8. The number of aryl methyl sites for hydroxylation is 2. The molecule has 1 saturated carbocycles. The van der Waals surface area contributed by atoms with Gasteiger partial charge in [-0.3, -0.25) is 4.79 Å². The van der Waals surface area contributed by atoms with Gasteiger partial charge in [0.25, 0.3) is 5.91 Å². The van der Waals surface area contributed by atoms with E-state index in [0.29, 0.717) is 18.4 Å². The van der Waals surface area contributed by atoms with Gasteiger partial charge in [-0.15, -0.1) is 0 Å². The van der Waals surface area contributed by atoms with Gasteiger partial charge in [0.1, 0.15) is 5.75 Å². The second-order valence-corrected chi connectivity index (χ2v) is 6.00. The molecule has 2 atom stereocenters. The molecule has 1 aliphatic rings. The largest absolute Gasteiger partial charge is 0.484 e. The molecule has 1 aromatic rings. The van der Waals surface area contributed by atoms with Gasteiger partial charge < -0.3 is 15.2 Å². The number of ether oxygens (including phenoxy) is 1. The van der Waals surface area contributed by atoms with Crippen LogP contribution in [0.25, 0.3) is 0 Å². The molecule has 0 aliphatic heterocycles. The number of carbonyl (C=O) groups excluding carboxylic acids is 1. The lowest BCUT2D eigenvalue weighted by atomic mass is 9.97. The second kappa shape index (κ2) is 7.46. The molecule has 4 heteroatoms. The fourth-order valence-corrected chi connectivity index (χ4v) is 3.02. The standard InChI is InChI=1S/C17H25NO3/c1-12-6-7-16(13(2)8-12)21-11-17(20)18-9-14-4-3-5-15(14)10-19/h6-8,14-15,19H,3-5,9-11H2,1-2H3,(H,18,20). The number of nitrogens with one attached hydrogen (secondary N) is 1. The monoisotopic (exact) mass is 291 g/mol. The summed E-state index contributed by atoms with van der Waals surface area (Å²) >= 11 is 0. The van der Waals surface area contributed by atoms with Gasteiger partial charge in [0.05, 0.1) is 0 Å². The summed E-state index contributed by atoms with van der Waals surface area (Å²) in [5.41, 5.74) is 2.22.